The molecule has 0 radical (unpaired) electrons. The molecule has 4 aromatic carbocycles. The van der Waals surface area contributed by atoms with Gasteiger partial charge in [0.05, 0.1) is 5.52 Å². The lowest BCUT2D eigenvalue weighted by atomic mass is 9.97. The second-order valence-corrected chi connectivity index (χ2v) is 11.5. The summed E-state index contributed by atoms with van der Waals surface area (Å²) >= 11 is 0. The monoisotopic (exact) mass is 529 g/mol. The summed E-state index contributed by atoms with van der Waals surface area (Å²) in [6, 6.07) is 28.2. The van der Waals surface area contributed by atoms with Crippen molar-refractivity contribution < 1.29 is 5.11 Å². The van der Waals surface area contributed by atoms with E-state index in [4.69, 9.17) is 9.97 Å². The zero-order valence-corrected chi connectivity index (χ0v) is 23.1. The first kappa shape index (κ1) is 24.9. The van der Waals surface area contributed by atoms with Crippen LogP contribution in [0.3, 0.4) is 0 Å². The summed E-state index contributed by atoms with van der Waals surface area (Å²) < 4.78 is 0. The number of rotatable bonds is 6. The molecule has 2 aliphatic rings. The van der Waals surface area contributed by atoms with Gasteiger partial charge in [0.1, 0.15) is 17.4 Å². The molecular weight excluding hydrogens is 494 g/mol. The molecule has 3 heterocycles. The molecule has 2 bridgehead atoms. The lowest BCUT2D eigenvalue weighted by molar-refractivity contribution is 0.464. The Morgan fingerprint density at radius 2 is 1.62 bits per heavy atom. The lowest BCUT2D eigenvalue weighted by Gasteiger charge is -2.34. The SMILES string of the molecule is CN(C)c1ccc(CCc2nc(N3CC4CCC(C3)N4)c3ccc(-c4cc(O)cc5ccccc45)cc3n2)cc1. The molecule has 40 heavy (non-hydrogen) atoms. The lowest BCUT2D eigenvalue weighted by Crippen LogP contribution is -2.51. The Morgan fingerprint density at radius 1 is 0.850 bits per heavy atom. The van der Waals surface area contributed by atoms with Gasteiger partial charge in [-0.2, -0.15) is 0 Å². The van der Waals surface area contributed by atoms with Crippen molar-refractivity contribution in [3.63, 3.8) is 0 Å². The summed E-state index contributed by atoms with van der Waals surface area (Å²) in [5.41, 5.74) is 5.51. The summed E-state index contributed by atoms with van der Waals surface area (Å²) in [5.74, 6) is 2.20. The molecule has 2 fully saturated rings. The van der Waals surface area contributed by atoms with Crippen LogP contribution in [-0.2, 0) is 12.8 Å². The van der Waals surface area contributed by atoms with Crippen molar-refractivity contribution in [2.24, 2.45) is 0 Å². The average molecular weight is 530 g/mol. The minimum absolute atomic E-state index is 0.273. The number of aromatic nitrogens is 2. The molecule has 5 aromatic rings. The Morgan fingerprint density at radius 3 is 2.40 bits per heavy atom. The molecule has 0 saturated carbocycles. The van der Waals surface area contributed by atoms with Crippen LogP contribution in [0, 0.1) is 0 Å². The van der Waals surface area contributed by atoms with E-state index in [9.17, 15) is 5.11 Å². The number of nitrogens with zero attached hydrogens (tertiary/aromatic N) is 4. The predicted molar refractivity (Wildman–Crippen MR) is 164 cm³/mol. The van der Waals surface area contributed by atoms with Crippen molar-refractivity contribution in [1.82, 2.24) is 15.3 Å². The molecule has 1 aromatic heterocycles. The van der Waals surface area contributed by atoms with Crippen molar-refractivity contribution in [2.75, 3.05) is 37.0 Å². The zero-order valence-electron chi connectivity index (χ0n) is 23.1. The highest BCUT2D eigenvalue weighted by Gasteiger charge is 2.33. The van der Waals surface area contributed by atoms with Crippen LogP contribution in [-0.4, -0.2) is 54.3 Å². The zero-order chi connectivity index (χ0) is 27.2. The first-order valence-corrected chi connectivity index (χ1v) is 14.3. The fourth-order valence-corrected chi connectivity index (χ4v) is 6.40. The van der Waals surface area contributed by atoms with Gasteiger partial charge in [-0.05, 0) is 83.1 Å². The molecule has 2 saturated heterocycles. The summed E-state index contributed by atoms with van der Waals surface area (Å²) in [4.78, 5) is 14.9. The molecule has 2 aliphatic heterocycles. The highest BCUT2D eigenvalue weighted by Crippen LogP contribution is 2.36. The van der Waals surface area contributed by atoms with Gasteiger partial charge in [0.25, 0.3) is 0 Å². The van der Waals surface area contributed by atoms with Gasteiger partial charge in [-0.15, -0.1) is 0 Å². The highest BCUT2D eigenvalue weighted by molar-refractivity contribution is 6.00. The summed E-state index contributed by atoms with van der Waals surface area (Å²) in [5, 5.41) is 17.5. The van der Waals surface area contributed by atoms with E-state index in [1.807, 2.05) is 30.3 Å². The highest BCUT2D eigenvalue weighted by atomic mass is 16.3. The standard InChI is InChI=1S/C34H35N5O/c1-38(2)27-13-7-22(8-14-27)9-16-33-36-32-18-24(31-19-28(40)17-23-5-3-4-6-29(23)31)10-15-30(32)34(37-33)39-20-25-11-12-26(21-39)35-25/h3-8,10,13-15,17-19,25-26,35,40H,9,11-12,16,20-21H2,1-2H3. The van der Waals surface area contributed by atoms with Crippen LogP contribution in [0.15, 0.2) is 78.9 Å². The molecular formula is C34H35N5O. The van der Waals surface area contributed by atoms with E-state index >= 15 is 0 Å². The van der Waals surface area contributed by atoms with Crippen molar-refractivity contribution in [3.8, 4) is 16.9 Å². The van der Waals surface area contributed by atoms with E-state index in [2.05, 4.69) is 77.7 Å². The predicted octanol–water partition coefficient (Wildman–Crippen LogP) is 5.95. The number of phenols is 1. The van der Waals surface area contributed by atoms with Gasteiger partial charge in [-0.3, -0.25) is 0 Å². The second kappa shape index (κ2) is 10.1. The fraction of sp³-hybridized carbons (Fsp3) is 0.294. The van der Waals surface area contributed by atoms with Gasteiger partial charge in [0.2, 0.25) is 0 Å². The summed E-state index contributed by atoms with van der Waals surface area (Å²) in [6.45, 7) is 1.96. The second-order valence-electron chi connectivity index (χ2n) is 11.5. The molecule has 2 atom stereocenters. The van der Waals surface area contributed by atoms with Gasteiger partial charge < -0.3 is 20.2 Å². The number of aromatic hydroxyl groups is 1. The third-order valence-electron chi connectivity index (χ3n) is 8.49. The van der Waals surface area contributed by atoms with E-state index in [1.54, 1.807) is 0 Å². The summed E-state index contributed by atoms with van der Waals surface area (Å²) in [6.07, 6.45) is 4.13. The van der Waals surface area contributed by atoms with Crippen LogP contribution < -0.4 is 15.1 Å². The molecule has 0 amide bonds. The number of nitrogens with one attached hydrogen (secondary N) is 1. The van der Waals surface area contributed by atoms with Crippen LogP contribution >= 0.6 is 0 Å². The smallest absolute Gasteiger partial charge is 0.140 e. The molecule has 6 nitrogen and oxygen atoms in total. The van der Waals surface area contributed by atoms with Gasteiger partial charge in [0.15, 0.2) is 0 Å². The van der Waals surface area contributed by atoms with E-state index in [0.717, 1.165) is 70.4 Å². The Hall–Kier alpha value is -4.16. The fourth-order valence-electron chi connectivity index (χ4n) is 6.40. The van der Waals surface area contributed by atoms with Crippen LogP contribution in [0.2, 0.25) is 0 Å². The Balaban J connectivity index is 1.29. The van der Waals surface area contributed by atoms with Crippen LogP contribution in [0.1, 0.15) is 24.2 Å². The van der Waals surface area contributed by atoms with Crippen LogP contribution in [0.4, 0.5) is 11.5 Å². The first-order chi connectivity index (χ1) is 19.5. The Bertz CT molecular complexity index is 1690. The van der Waals surface area contributed by atoms with Crippen LogP contribution in [0.5, 0.6) is 5.75 Å². The number of fused-ring (bicyclic) bond motifs is 4. The van der Waals surface area contributed by atoms with Gasteiger partial charge in [-0.25, -0.2) is 9.97 Å². The maximum Gasteiger partial charge on any atom is 0.140 e. The van der Waals surface area contributed by atoms with Gasteiger partial charge >= 0.3 is 0 Å². The van der Waals surface area contributed by atoms with Crippen molar-refractivity contribution >= 4 is 33.2 Å². The number of hydrogen-bond donors (Lipinski definition) is 2. The van der Waals surface area contributed by atoms with Crippen molar-refractivity contribution in [2.45, 2.75) is 37.8 Å². The maximum atomic E-state index is 10.5. The molecule has 6 heteroatoms. The maximum absolute atomic E-state index is 10.5. The average Bonchev–Trinajstić information content (AvgIpc) is 3.31. The molecule has 0 spiro atoms. The van der Waals surface area contributed by atoms with E-state index in [1.165, 1.54) is 24.1 Å². The molecule has 2 unspecified atom stereocenters. The van der Waals surface area contributed by atoms with Gasteiger partial charge in [0, 0.05) is 56.8 Å². The largest absolute Gasteiger partial charge is 0.508 e. The number of hydrogen-bond acceptors (Lipinski definition) is 6. The minimum atomic E-state index is 0.273. The van der Waals surface area contributed by atoms with E-state index in [-0.39, 0.29) is 5.75 Å². The van der Waals surface area contributed by atoms with E-state index in [0.29, 0.717) is 12.1 Å². The normalized spacial score (nSPS) is 18.5. The molecule has 0 aliphatic carbocycles. The van der Waals surface area contributed by atoms with Gasteiger partial charge in [-0.1, -0.05) is 42.5 Å². The number of aryl methyl sites for hydroxylation is 2. The van der Waals surface area contributed by atoms with Crippen molar-refractivity contribution in [3.05, 3.63) is 90.3 Å². The number of phenolic OH excluding ortho intramolecular Hbond substituents is 1. The molecule has 7 rings (SSSR count). The van der Waals surface area contributed by atoms with Crippen molar-refractivity contribution in [1.29, 1.82) is 0 Å². The quantitative estimate of drug-likeness (QED) is 0.284. The number of benzene rings is 4. The Labute approximate surface area is 235 Å². The Kier molecular flexibility index (Phi) is 6.28. The third kappa shape index (κ3) is 4.73. The summed E-state index contributed by atoms with van der Waals surface area (Å²) in [7, 11) is 4.13. The third-order valence-corrected chi connectivity index (χ3v) is 8.49. The molecule has 2 N–H and O–H groups in total. The number of piperazine rings is 1. The molecule has 202 valence electrons. The number of anilines is 2. The first-order valence-electron chi connectivity index (χ1n) is 14.3. The topological polar surface area (TPSA) is 64.5 Å². The van der Waals surface area contributed by atoms with Crippen LogP contribution in [0.25, 0.3) is 32.8 Å². The minimum Gasteiger partial charge on any atom is -0.508 e. The van der Waals surface area contributed by atoms with E-state index < -0.39 is 0 Å².